The van der Waals surface area contributed by atoms with Gasteiger partial charge < -0.3 is 5.73 Å². The van der Waals surface area contributed by atoms with Crippen LogP contribution in [0.25, 0.3) is 11.1 Å². The number of hydrogen-bond acceptors (Lipinski definition) is 2. The third-order valence-electron chi connectivity index (χ3n) is 2.36. The minimum atomic E-state index is -0.505. The molecule has 0 aliphatic rings. The Balaban J connectivity index is 0.000000771. The largest absolute Gasteiger partial charge is 0.364 e. The minimum Gasteiger partial charge on any atom is -0.364 e. The lowest BCUT2D eigenvalue weighted by molar-refractivity contribution is 0.0995. The number of hydrogen-bond donors (Lipinski definition) is 1. The minimum absolute atomic E-state index is 0.291. The molecule has 0 aliphatic carbocycles. The first kappa shape index (κ1) is 13.9. The van der Waals surface area contributed by atoms with E-state index in [-0.39, 0.29) is 0 Å². The number of aryl methyl sites for hydroxylation is 1. The van der Waals surface area contributed by atoms with Crippen molar-refractivity contribution >= 4 is 5.91 Å². The zero-order chi connectivity index (χ0) is 13.5. The molecule has 0 atom stereocenters. The van der Waals surface area contributed by atoms with Crippen molar-refractivity contribution in [2.75, 3.05) is 0 Å². The SMILES string of the molecule is CC.Cc1cccc(-c2ccnc(C(N)=O)c2)c1. The normalized spacial score (nSPS) is 9.28. The Morgan fingerprint density at radius 3 is 2.39 bits per heavy atom. The van der Waals surface area contributed by atoms with Crippen LogP contribution in [-0.4, -0.2) is 10.9 Å². The summed E-state index contributed by atoms with van der Waals surface area (Å²) in [6, 6.07) is 11.6. The second-order valence-electron chi connectivity index (χ2n) is 3.66. The summed E-state index contributed by atoms with van der Waals surface area (Å²) in [5.74, 6) is -0.505. The summed E-state index contributed by atoms with van der Waals surface area (Å²) in [5, 5.41) is 0. The van der Waals surface area contributed by atoms with Crippen molar-refractivity contribution in [3.05, 3.63) is 53.9 Å². The highest BCUT2D eigenvalue weighted by Gasteiger charge is 2.04. The molecule has 0 fully saturated rings. The molecular formula is C15H18N2O. The number of carbonyl (C=O) groups excluding carboxylic acids is 1. The van der Waals surface area contributed by atoms with Gasteiger partial charge in [0.15, 0.2) is 0 Å². The van der Waals surface area contributed by atoms with E-state index >= 15 is 0 Å². The lowest BCUT2D eigenvalue weighted by Gasteiger charge is -2.03. The Labute approximate surface area is 108 Å². The predicted octanol–water partition coefficient (Wildman–Crippen LogP) is 3.18. The van der Waals surface area contributed by atoms with Gasteiger partial charge in [-0.2, -0.15) is 0 Å². The number of carbonyl (C=O) groups is 1. The Morgan fingerprint density at radius 1 is 1.11 bits per heavy atom. The second kappa shape index (κ2) is 6.55. The predicted molar refractivity (Wildman–Crippen MR) is 74.3 cm³/mol. The number of rotatable bonds is 2. The molecule has 0 saturated heterocycles. The van der Waals surface area contributed by atoms with Crippen molar-refractivity contribution in [3.63, 3.8) is 0 Å². The quantitative estimate of drug-likeness (QED) is 0.879. The van der Waals surface area contributed by atoms with Gasteiger partial charge in [0.25, 0.3) is 5.91 Å². The van der Waals surface area contributed by atoms with Crippen molar-refractivity contribution in [1.29, 1.82) is 0 Å². The Kier molecular flexibility index (Phi) is 5.06. The smallest absolute Gasteiger partial charge is 0.267 e. The standard InChI is InChI=1S/C13H12N2O.C2H6/c1-9-3-2-4-10(7-9)11-5-6-15-12(8-11)13(14)16;1-2/h2-8H,1H3,(H2,14,16);1-2H3. The number of amides is 1. The number of nitrogens with two attached hydrogens (primary N) is 1. The molecule has 1 heterocycles. The van der Waals surface area contributed by atoms with E-state index in [0.29, 0.717) is 5.69 Å². The van der Waals surface area contributed by atoms with Gasteiger partial charge in [-0.25, -0.2) is 0 Å². The highest BCUT2D eigenvalue weighted by molar-refractivity contribution is 5.92. The summed E-state index contributed by atoms with van der Waals surface area (Å²) in [7, 11) is 0. The molecule has 1 aromatic heterocycles. The van der Waals surface area contributed by atoms with Crippen LogP contribution >= 0.6 is 0 Å². The molecule has 2 rings (SSSR count). The molecule has 0 saturated carbocycles. The van der Waals surface area contributed by atoms with Gasteiger partial charge in [-0.1, -0.05) is 43.7 Å². The Morgan fingerprint density at radius 2 is 1.78 bits per heavy atom. The highest BCUT2D eigenvalue weighted by atomic mass is 16.1. The van der Waals surface area contributed by atoms with Gasteiger partial charge in [0.2, 0.25) is 0 Å². The molecule has 18 heavy (non-hydrogen) atoms. The summed E-state index contributed by atoms with van der Waals surface area (Å²) < 4.78 is 0. The molecule has 2 aromatic rings. The van der Waals surface area contributed by atoms with Crippen LogP contribution in [0.4, 0.5) is 0 Å². The van der Waals surface area contributed by atoms with Gasteiger partial charge in [0.05, 0.1) is 0 Å². The summed E-state index contributed by atoms with van der Waals surface area (Å²) in [6.07, 6.45) is 1.60. The number of nitrogens with zero attached hydrogens (tertiary/aromatic N) is 1. The fraction of sp³-hybridized carbons (Fsp3) is 0.200. The third kappa shape index (κ3) is 3.42. The first-order chi connectivity index (χ1) is 8.66. The Hall–Kier alpha value is -2.16. The molecule has 3 heteroatoms. The maximum atomic E-state index is 11.0. The number of primary amides is 1. The summed E-state index contributed by atoms with van der Waals surface area (Å²) >= 11 is 0. The average Bonchev–Trinajstić information content (AvgIpc) is 2.41. The molecule has 1 amide bonds. The van der Waals surface area contributed by atoms with E-state index in [4.69, 9.17) is 5.73 Å². The van der Waals surface area contributed by atoms with E-state index in [2.05, 4.69) is 11.1 Å². The van der Waals surface area contributed by atoms with Crippen molar-refractivity contribution < 1.29 is 4.79 Å². The summed E-state index contributed by atoms with van der Waals surface area (Å²) in [5.41, 5.74) is 8.67. The highest BCUT2D eigenvalue weighted by Crippen LogP contribution is 2.20. The number of aromatic nitrogens is 1. The van der Waals surface area contributed by atoms with Crippen LogP contribution in [0.2, 0.25) is 0 Å². The third-order valence-corrected chi connectivity index (χ3v) is 2.36. The van der Waals surface area contributed by atoms with Crippen LogP contribution in [-0.2, 0) is 0 Å². The maximum Gasteiger partial charge on any atom is 0.267 e. The van der Waals surface area contributed by atoms with E-state index in [0.717, 1.165) is 11.1 Å². The summed E-state index contributed by atoms with van der Waals surface area (Å²) in [6.45, 7) is 6.03. The molecule has 0 aliphatic heterocycles. The molecule has 0 radical (unpaired) electrons. The molecule has 1 aromatic carbocycles. The number of benzene rings is 1. The van der Waals surface area contributed by atoms with Gasteiger partial charge in [0, 0.05) is 6.20 Å². The van der Waals surface area contributed by atoms with Gasteiger partial charge in [-0.3, -0.25) is 9.78 Å². The van der Waals surface area contributed by atoms with Crippen LogP contribution in [0.3, 0.4) is 0 Å². The molecular weight excluding hydrogens is 224 g/mol. The molecule has 94 valence electrons. The van der Waals surface area contributed by atoms with E-state index < -0.39 is 5.91 Å². The van der Waals surface area contributed by atoms with Crippen LogP contribution in [0.15, 0.2) is 42.6 Å². The van der Waals surface area contributed by atoms with E-state index in [1.807, 2.05) is 45.0 Å². The Bertz CT molecular complexity index is 536. The summed E-state index contributed by atoms with van der Waals surface area (Å²) in [4.78, 5) is 14.9. The van der Waals surface area contributed by atoms with E-state index in [1.54, 1.807) is 12.3 Å². The molecule has 2 N–H and O–H groups in total. The number of pyridine rings is 1. The zero-order valence-electron chi connectivity index (χ0n) is 11.0. The molecule has 0 spiro atoms. The zero-order valence-corrected chi connectivity index (χ0v) is 11.0. The lowest BCUT2D eigenvalue weighted by Crippen LogP contribution is -2.12. The van der Waals surface area contributed by atoms with Crippen molar-refractivity contribution in [1.82, 2.24) is 4.98 Å². The first-order valence-electron chi connectivity index (χ1n) is 6.00. The average molecular weight is 242 g/mol. The van der Waals surface area contributed by atoms with Crippen LogP contribution in [0, 0.1) is 6.92 Å². The molecule has 0 unspecified atom stereocenters. The van der Waals surface area contributed by atoms with Gasteiger partial charge >= 0.3 is 0 Å². The van der Waals surface area contributed by atoms with Crippen molar-refractivity contribution in [2.24, 2.45) is 5.73 Å². The van der Waals surface area contributed by atoms with Gasteiger partial charge in [-0.15, -0.1) is 0 Å². The maximum absolute atomic E-state index is 11.0. The van der Waals surface area contributed by atoms with Crippen molar-refractivity contribution in [3.8, 4) is 11.1 Å². The lowest BCUT2D eigenvalue weighted by atomic mass is 10.0. The fourth-order valence-electron chi connectivity index (χ4n) is 1.57. The van der Waals surface area contributed by atoms with E-state index in [1.165, 1.54) is 5.56 Å². The molecule has 3 nitrogen and oxygen atoms in total. The van der Waals surface area contributed by atoms with Gasteiger partial charge in [-0.05, 0) is 30.2 Å². The van der Waals surface area contributed by atoms with E-state index in [9.17, 15) is 4.79 Å². The second-order valence-corrected chi connectivity index (χ2v) is 3.66. The van der Waals surface area contributed by atoms with Gasteiger partial charge in [0.1, 0.15) is 5.69 Å². The van der Waals surface area contributed by atoms with Crippen LogP contribution in [0.5, 0.6) is 0 Å². The van der Waals surface area contributed by atoms with Crippen LogP contribution in [0.1, 0.15) is 29.9 Å². The van der Waals surface area contributed by atoms with Crippen molar-refractivity contribution in [2.45, 2.75) is 20.8 Å². The first-order valence-corrected chi connectivity index (χ1v) is 6.00. The monoisotopic (exact) mass is 242 g/mol. The topological polar surface area (TPSA) is 56.0 Å². The fourth-order valence-corrected chi connectivity index (χ4v) is 1.57. The molecule has 0 bridgehead atoms. The van der Waals surface area contributed by atoms with Crippen LogP contribution < -0.4 is 5.73 Å².